The number of ether oxygens (including phenoxy) is 1. The van der Waals surface area contributed by atoms with Crippen molar-refractivity contribution >= 4 is 34.0 Å². The molecular weight excluding hydrogens is 497 g/mol. The molecule has 2 aromatic carbocycles. The van der Waals surface area contributed by atoms with Crippen molar-refractivity contribution in [3.05, 3.63) is 47.3 Å². The fraction of sp³-hybridized carbons (Fsp3) is 0.444. The van der Waals surface area contributed by atoms with Crippen LogP contribution in [-0.2, 0) is 11.0 Å². The zero-order chi connectivity index (χ0) is 27.2. The number of aryl methyl sites for hydroxylation is 1. The Bertz CT molecular complexity index is 1370. The summed E-state index contributed by atoms with van der Waals surface area (Å²) in [6, 6.07) is 6.62. The van der Waals surface area contributed by atoms with E-state index in [-0.39, 0.29) is 17.5 Å². The molecule has 1 atom stereocenters. The van der Waals surface area contributed by atoms with Crippen LogP contribution in [0.2, 0.25) is 0 Å². The van der Waals surface area contributed by atoms with Crippen molar-refractivity contribution in [3.8, 4) is 5.75 Å². The van der Waals surface area contributed by atoms with E-state index >= 15 is 0 Å². The first-order valence-corrected chi connectivity index (χ1v) is 12.7. The number of anilines is 3. The first-order valence-electron chi connectivity index (χ1n) is 12.7. The lowest BCUT2D eigenvalue weighted by Gasteiger charge is -2.35. The minimum atomic E-state index is -4.51. The van der Waals surface area contributed by atoms with Crippen LogP contribution in [0.25, 0.3) is 10.9 Å². The largest absolute Gasteiger partial charge is 0.489 e. The highest BCUT2D eigenvalue weighted by Crippen LogP contribution is 2.39. The summed E-state index contributed by atoms with van der Waals surface area (Å²) in [5.74, 6) is 1.55. The lowest BCUT2D eigenvalue weighted by molar-refractivity contribution is -0.137. The van der Waals surface area contributed by atoms with Gasteiger partial charge in [0.25, 0.3) is 0 Å². The minimum Gasteiger partial charge on any atom is -0.489 e. The highest BCUT2D eigenvalue weighted by atomic mass is 19.4. The normalized spacial score (nSPS) is 17.7. The summed E-state index contributed by atoms with van der Waals surface area (Å²) < 4.78 is 46.0. The van der Waals surface area contributed by atoms with Crippen LogP contribution in [0.1, 0.15) is 42.8 Å². The smallest absolute Gasteiger partial charge is 0.416 e. The standard InChI is InChI=1S/C27H31F3N6O2/c1-15(18-10-19(27(28,29)30)12-20(31)11-18)32-25-21-13-23-24(14-22(21)33-16(2)34-25)38-9-8-36(23)26(37)17-4-6-35(3)7-5-17/h10-15,17H,4-9,31H2,1-3H3,(H,32,33,34)/t15-/m1/s1. The molecule has 3 aromatic rings. The quantitative estimate of drug-likeness (QED) is 0.471. The fourth-order valence-electron chi connectivity index (χ4n) is 5.15. The van der Waals surface area contributed by atoms with Crippen LogP contribution in [0, 0.1) is 12.8 Å². The van der Waals surface area contributed by atoms with Crippen molar-refractivity contribution in [1.29, 1.82) is 0 Å². The molecule has 1 amide bonds. The maximum Gasteiger partial charge on any atom is 0.416 e. The Morgan fingerprint density at radius 1 is 1.13 bits per heavy atom. The Morgan fingerprint density at radius 3 is 2.58 bits per heavy atom. The minimum absolute atomic E-state index is 0.0291. The van der Waals surface area contributed by atoms with Gasteiger partial charge in [-0.15, -0.1) is 0 Å². The lowest BCUT2D eigenvalue weighted by Crippen LogP contribution is -2.44. The van der Waals surface area contributed by atoms with E-state index in [2.05, 4.69) is 27.2 Å². The van der Waals surface area contributed by atoms with Crippen LogP contribution in [-0.4, -0.2) is 54.1 Å². The van der Waals surface area contributed by atoms with Crippen molar-refractivity contribution < 1.29 is 22.7 Å². The van der Waals surface area contributed by atoms with Gasteiger partial charge in [0.05, 0.1) is 29.4 Å². The SMILES string of the molecule is Cc1nc(N[C@H](C)c2cc(N)cc(C(F)(F)F)c2)c2cc3c(cc2n1)OCCN3C(=O)C1CCN(C)CC1. The third-order valence-corrected chi connectivity index (χ3v) is 7.24. The number of piperidine rings is 1. The van der Waals surface area contributed by atoms with E-state index in [1.165, 1.54) is 6.07 Å². The molecular formula is C27H31F3N6O2. The molecule has 0 unspecified atom stereocenters. The van der Waals surface area contributed by atoms with Gasteiger partial charge in [-0.1, -0.05) is 0 Å². The fourth-order valence-corrected chi connectivity index (χ4v) is 5.15. The summed E-state index contributed by atoms with van der Waals surface area (Å²) >= 11 is 0. The van der Waals surface area contributed by atoms with E-state index in [0.717, 1.165) is 38.1 Å². The number of rotatable bonds is 4. The molecule has 1 saturated heterocycles. The molecule has 0 aliphatic carbocycles. The van der Waals surface area contributed by atoms with E-state index in [9.17, 15) is 18.0 Å². The topological polar surface area (TPSA) is 96.6 Å². The molecule has 1 aromatic heterocycles. The molecule has 2 aliphatic rings. The predicted octanol–water partition coefficient (Wildman–Crippen LogP) is 4.78. The van der Waals surface area contributed by atoms with E-state index in [1.54, 1.807) is 24.8 Å². The number of halogens is 3. The zero-order valence-corrected chi connectivity index (χ0v) is 21.6. The molecule has 3 heterocycles. The molecule has 0 bridgehead atoms. The number of alkyl halides is 3. The average molecular weight is 529 g/mol. The molecule has 2 aliphatic heterocycles. The highest BCUT2D eigenvalue weighted by Gasteiger charge is 2.33. The van der Waals surface area contributed by atoms with Crippen molar-refractivity contribution in [1.82, 2.24) is 14.9 Å². The average Bonchev–Trinajstić information content (AvgIpc) is 2.86. The second kappa shape index (κ2) is 9.94. The number of nitrogens with two attached hydrogens (primary N) is 1. The molecule has 0 spiro atoms. The van der Waals surface area contributed by atoms with Crippen LogP contribution < -0.4 is 20.7 Å². The molecule has 3 N–H and O–H groups in total. The van der Waals surface area contributed by atoms with Gasteiger partial charge in [-0.25, -0.2) is 9.97 Å². The molecule has 8 nitrogen and oxygen atoms in total. The number of hydrogen-bond donors (Lipinski definition) is 2. The maximum absolute atomic E-state index is 13.5. The van der Waals surface area contributed by atoms with E-state index in [1.807, 2.05) is 6.07 Å². The number of nitrogens with zero attached hydrogens (tertiary/aromatic N) is 4. The van der Waals surface area contributed by atoms with E-state index < -0.39 is 17.8 Å². The van der Waals surface area contributed by atoms with Crippen molar-refractivity contribution in [3.63, 3.8) is 0 Å². The summed E-state index contributed by atoms with van der Waals surface area (Å²) in [6.45, 7) is 6.08. The Morgan fingerprint density at radius 2 is 1.87 bits per heavy atom. The number of nitrogens with one attached hydrogen (secondary N) is 1. The Balaban J connectivity index is 1.50. The number of carbonyl (C=O) groups is 1. The molecule has 5 rings (SSSR count). The monoisotopic (exact) mass is 528 g/mol. The second-order valence-corrected chi connectivity index (χ2v) is 10.1. The van der Waals surface area contributed by atoms with Crippen molar-refractivity contribution in [2.24, 2.45) is 5.92 Å². The number of aromatic nitrogens is 2. The number of amides is 1. The zero-order valence-electron chi connectivity index (χ0n) is 21.6. The predicted molar refractivity (Wildman–Crippen MR) is 140 cm³/mol. The number of benzene rings is 2. The maximum atomic E-state index is 13.5. The van der Waals surface area contributed by atoms with Crippen LogP contribution >= 0.6 is 0 Å². The Kier molecular flexibility index (Phi) is 6.81. The third-order valence-electron chi connectivity index (χ3n) is 7.24. The third kappa shape index (κ3) is 5.20. The van der Waals surface area contributed by atoms with Gasteiger partial charge in [-0.2, -0.15) is 13.2 Å². The Labute approximate surface area is 219 Å². The Hall–Kier alpha value is -3.60. The summed E-state index contributed by atoms with van der Waals surface area (Å²) in [6.07, 6.45) is -2.89. The number of likely N-dealkylation sites (tertiary alicyclic amines) is 1. The van der Waals surface area contributed by atoms with E-state index in [4.69, 9.17) is 10.5 Å². The van der Waals surface area contributed by atoms with Gasteiger partial charge < -0.3 is 25.6 Å². The molecule has 202 valence electrons. The molecule has 11 heteroatoms. The first kappa shape index (κ1) is 26.0. The molecule has 0 radical (unpaired) electrons. The summed E-state index contributed by atoms with van der Waals surface area (Å²) in [4.78, 5) is 26.6. The van der Waals surface area contributed by atoms with Gasteiger partial charge in [0.2, 0.25) is 5.91 Å². The van der Waals surface area contributed by atoms with Crippen LogP contribution in [0.15, 0.2) is 30.3 Å². The summed E-state index contributed by atoms with van der Waals surface area (Å²) in [5, 5.41) is 3.89. The summed E-state index contributed by atoms with van der Waals surface area (Å²) in [5.41, 5.74) is 6.65. The van der Waals surface area contributed by atoms with Gasteiger partial charge in [-0.3, -0.25) is 4.79 Å². The summed E-state index contributed by atoms with van der Waals surface area (Å²) in [7, 11) is 2.06. The lowest BCUT2D eigenvalue weighted by atomic mass is 9.95. The van der Waals surface area contributed by atoms with Gasteiger partial charge in [0.15, 0.2) is 0 Å². The number of carbonyl (C=O) groups excluding carboxylic acids is 1. The molecule has 0 saturated carbocycles. The van der Waals surface area contributed by atoms with Crippen LogP contribution in [0.5, 0.6) is 5.75 Å². The highest BCUT2D eigenvalue weighted by molar-refractivity contribution is 6.01. The first-order chi connectivity index (χ1) is 18.0. The van der Waals surface area contributed by atoms with Crippen LogP contribution in [0.3, 0.4) is 0 Å². The number of hydrogen-bond acceptors (Lipinski definition) is 7. The molecule has 38 heavy (non-hydrogen) atoms. The van der Waals surface area contributed by atoms with Crippen LogP contribution in [0.4, 0.5) is 30.4 Å². The second-order valence-electron chi connectivity index (χ2n) is 10.1. The van der Waals surface area contributed by atoms with Crippen molar-refractivity contribution in [2.45, 2.75) is 38.9 Å². The molecule has 1 fully saturated rings. The van der Waals surface area contributed by atoms with Gasteiger partial charge >= 0.3 is 6.18 Å². The van der Waals surface area contributed by atoms with Gasteiger partial charge in [0, 0.05) is 23.1 Å². The van der Waals surface area contributed by atoms with Gasteiger partial charge in [0.1, 0.15) is 24.0 Å². The van der Waals surface area contributed by atoms with Crippen molar-refractivity contribution in [2.75, 3.05) is 49.2 Å². The van der Waals surface area contributed by atoms with E-state index in [0.29, 0.717) is 52.7 Å². The number of fused-ring (bicyclic) bond motifs is 2. The number of nitrogen functional groups attached to an aromatic ring is 1. The van der Waals surface area contributed by atoms with Gasteiger partial charge in [-0.05, 0) is 76.7 Å².